The number of hydrogen-bond acceptors (Lipinski definition) is 5. The minimum Gasteiger partial charge on any atom is -0.459 e. The van der Waals surface area contributed by atoms with E-state index >= 15 is 0 Å². The van der Waals surface area contributed by atoms with Crippen LogP contribution < -0.4 is 0 Å². The zero-order valence-electron chi connectivity index (χ0n) is 16.5. The van der Waals surface area contributed by atoms with Crippen LogP contribution in [0.3, 0.4) is 0 Å². The molecule has 29 heavy (non-hydrogen) atoms. The van der Waals surface area contributed by atoms with Gasteiger partial charge in [-0.15, -0.1) is 0 Å². The molecule has 0 spiro atoms. The molecule has 1 aromatic carbocycles. The summed E-state index contributed by atoms with van der Waals surface area (Å²) in [5.41, 5.74) is 0.739. The first-order chi connectivity index (χ1) is 14.2. The van der Waals surface area contributed by atoms with E-state index in [9.17, 15) is 9.59 Å². The summed E-state index contributed by atoms with van der Waals surface area (Å²) in [6.45, 7) is 5.63. The van der Waals surface area contributed by atoms with Crippen LogP contribution in [0.25, 0.3) is 0 Å². The van der Waals surface area contributed by atoms with Gasteiger partial charge in [-0.25, -0.2) is 0 Å². The highest BCUT2D eigenvalue weighted by molar-refractivity contribution is 5.94. The van der Waals surface area contributed by atoms with Gasteiger partial charge in [0.05, 0.1) is 19.0 Å². The number of hydrogen-bond donors (Lipinski definition) is 0. The van der Waals surface area contributed by atoms with Crippen molar-refractivity contribution in [3.8, 4) is 0 Å². The number of rotatable bonds is 4. The molecule has 2 aromatic rings. The van der Waals surface area contributed by atoms with Gasteiger partial charge in [-0.2, -0.15) is 0 Å². The van der Waals surface area contributed by atoms with Crippen LogP contribution in [-0.2, 0) is 4.74 Å². The standard InChI is InChI=1S/C22H27N3O4/c26-21(18-6-2-1-3-7-18)24-10-5-9-23(11-12-24)16-19-17-25(13-15-28-19)22(27)20-8-4-14-29-20/h1-4,6-8,14,19H,5,9-13,15-17H2. The third-order valence-corrected chi connectivity index (χ3v) is 5.52. The number of nitrogens with zero attached hydrogens (tertiary/aromatic N) is 3. The lowest BCUT2D eigenvalue weighted by Crippen LogP contribution is -2.50. The van der Waals surface area contributed by atoms with Gasteiger partial charge < -0.3 is 19.0 Å². The maximum atomic E-state index is 12.7. The Labute approximate surface area is 170 Å². The van der Waals surface area contributed by atoms with E-state index in [1.54, 1.807) is 17.0 Å². The first kappa shape index (κ1) is 19.7. The summed E-state index contributed by atoms with van der Waals surface area (Å²) >= 11 is 0. The lowest BCUT2D eigenvalue weighted by atomic mass is 10.2. The highest BCUT2D eigenvalue weighted by Crippen LogP contribution is 2.14. The molecule has 154 valence electrons. The Hall–Kier alpha value is -2.64. The number of carbonyl (C=O) groups is 2. The zero-order chi connectivity index (χ0) is 20.1. The first-order valence-corrected chi connectivity index (χ1v) is 10.2. The van der Waals surface area contributed by atoms with Crippen LogP contribution in [0.15, 0.2) is 53.1 Å². The maximum Gasteiger partial charge on any atom is 0.289 e. The van der Waals surface area contributed by atoms with Crippen molar-refractivity contribution in [3.63, 3.8) is 0 Å². The fourth-order valence-electron chi connectivity index (χ4n) is 3.98. The Morgan fingerprint density at radius 3 is 2.55 bits per heavy atom. The minimum atomic E-state index is -0.0844. The second-order valence-corrected chi connectivity index (χ2v) is 7.53. The van der Waals surface area contributed by atoms with Crippen molar-refractivity contribution in [3.05, 3.63) is 60.1 Å². The Morgan fingerprint density at radius 1 is 0.897 bits per heavy atom. The highest BCUT2D eigenvalue weighted by atomic mass is 16.5. The van der Waals surface area contributed by atoms with E-state index in [0.29, 0.717) is 32.0 Å². The van der Waals surface area contributed by atoms with Crippen LogP contribution >= 0.6 is 0 Å². The van der Waals surface area contributed by atoms with Gasteiger partial charge in [0.15, 0.2) is 5.76 Å². The number of carbonyl (C=O) groups excluding carboxylic acids is 2. The number of furan rings is 1. The van der Waals surface area contributed by atoms with Gasteiger partial charge in [0.2, 0.25) is 0 Å². The summed E-state index contributed by atoms with van der Waals surface area (Å²) in [5.74, 6) is 0.380. The van der Waals surface area contributed by atoms with E-state index in [1.807, 2.05) is 35.2 Å². The second kappa shape index (κ2) is 9.24. The van der Waals surface area contributed by atoms with Crippen molar-refractivity contribution >= 4 is 11.8 Å². The van der Waals surface area contributed by atoms with Gasteiger partial charge in [-0.05, 0) is 37.2 Å². The molecule has 7 heteroatoms. The van der Waals surface area contributed by atoms with Crippen LogP contribution in [0.5, 0.6) is 0 Å². The number of amides is 2. The molecule has 2 aliphatic heterocycles. The van der Waals surface area contributed by atoms with Gasteiger partial charge in [-0.1, -0.05) is 18.2 Å². The predicted molar refractivity (Wildman–Crippen MR) is 108 cm³/mol. The summed E-state index contributed by atoms with van der Waals surface area (Å²) in [5, 5.41) is 0. The Morgan fingerprint density at radius 2 is 1.76 bits per heavy atom. The fourth-order valence-corrected chi connectivity index (χ4v) is 3.98. The Kier molecular flexibility index (Phi) is 6.27. The molecular formula is C22H27N3O4. The van der Waals surface area contributed by atoms with Crippen molar-refractivity contribution in [1.29, 1.82) is 0 Å². The van der Waals surface area contributed by atoms with Crippen molar-refractivity contribution in [2.75, 3.05) is 52.4 Å². The topological polar surface area (TPSA) is 66.2 Å². The van der Waals surface area contributed by atoms with Gasteiger partial charge in [0, 0.05) is 44.8 Å². The van der Waals surface area contributed by atoms with E-state index in [4.69, 9.17) is 9.15 Å². The van der Waals surface area contributed by atoms with Gasteiger partial charge in [0.25, 0.3) is 11.8 Å². The molecule has 1 unspecified atom stereocenters. The van der Waals surface area contributed by atoms with Gasteiger partial charge in [-0.3, -0.25) is 14.5 Å². The quantitative estimate of drug-likeness (QED) is 0.789. The van der Waals surface area contributed by atoms with E-state index < -0.39 is 0 Å². The number of morpholine rings is 1. The van der Waals surface area contributed by atoms with Crippen LogP contribution in [0.2, 0.25) is 0 Å². The molecule has 2 amide bonds. The molecule has 2 fully saturated rings. The minimum absolute atomic E-state index is 0.0287. The summed E-state index contributed by atoms with van der Waals surface area (Å²) < 4.78 is 11.2. The van der Waals surface area contributed by atoms with Crippen molar-refractivity contribution in [2.45, 2.75) is 12.5 Å². The smallest absolute Gasteiger partial charge is 0.289 e. The molecule has 0 aliphatic carbocycles. The third kappa shape index (κ3) is 4.86. The van der Waals surface area contributed by atoms with Crippen molar-refractivity contribution in [1.82, 2.24) is 14.7 Å². The lowest BCUT2D eigenvalue weighted by molar-refractivity contribution is -0.0360. The molecule has 4 rings (SSSR count). The molecule has 1 atom stereocenters. The van der Waals surface area contributed by atoms with Gasteiger partial charge >= 0.3 is 0 Å². The average Bonchev–Trinajstić information content (AvgIpc) is 3.21. The highest BCUT2D eigenvalue weighted by Gasteiger charge is 2.28. The van der Waals surface area contributed by atoms with E-state index in [-0.39, 0.29) is 17.9 Å². The lowest BCUT2D eigenvalue weighted by Gasteiger charge is -2.35. The Bertz CT molecular complexity index is 809. The van der Waals surface area contributed by atoms with Crippen LogP contribution in [0, 0.1) is 0 Å². The SMILES string of the molecule is O=C(c1ccccc1)N1CCCN(CC2CN(C(=O)c3ccco3)CCO2)CC1. The summed E-state index contributed by atoms with van der Waals surface area (Å²) in [6.07, 6.45) is 2.42. The molecule has 0 bridgehead atoms. The van der Waals surface area contributed by atoms with Crippen molar-refractivity contribution in [2.24, 2.45) is 0 Å². The van der Waals surface area contributed by atoms with E-state index in [0.717, 1.165) is 38.2 Å². The second-order valence-electron chi connectivity index (χ2n) is 7.53. The van der Waals surface area contributed by atoms with E-state index in [2.05, 4.69) is 4.90 Å². The summed E-state index contributed by atoms with van der Waals surface area (Å²) in [6, 6.07) is 12.9. The number of ether oxygens (including phenoxy) is 1. The summed E-state index contributed by atoms with van der Waals surface area (Å²) in [4.78, 5) is 31.3. The molecular weight excluding hydrogens is 370 g/mol. The third-order valence-electron chi connectivity index (χ3n) is 5.52. The van der Waals surface area contributed by atoms with Crippen LogP contribution in [0.4, 0.5) is 0 Å². The van der Waals surface area contributed by atoms with Crippen molar-refractivity contribution < 1.29 is 18.7 Å². The molecule has 2 saturated heterocycles. The van der Waals surface area contributed by atoms with Crippen LogP contribution in [-0.4, -0.2) is 85.0 Å². The molecule has 0 radical (unpaired) electrons. The Balaban J connectivity index is 1.30. The monoisotopic (exact) mass is 397 g/mol. The molecule has 7 nitrogen and oxygen atoms in total. The molecule has 0 saturated carbocycles. The van der Waals surface area contributed by atoms with Crippen LogP contribution in [0.1, 0.15) is 27.3 Å². The fraction of sp³-hybridized carbons (Fsp3) is 0.455. The van der Waals surface area contributed by atoms with E-state index in [1.165, 1.54) is 6.26 Å². The zero-order valence-corrected chi connectivity index (χ0v) is 16.5. The largest absolute Gasteiger partial charge is 0.459 e. The number of benzene rings is 1. The normalized spacial score (nSPS) is 21.0. The molecule has 3 heterocycles. The average molecular weight is 397 g/mol. The maximum absolute atomic E-state index is 12.7. The first-order valence-electron chi connectivity index (χ1n) is 10.2. The predicted octanol–water partition coefficient (Wildman–Crippen LogP) is 1.97. The molecule has 1 aromatic heterocycles. The molecule has 2 aliphatic rings. The van der Waals surface area contributed by atoms with Gasteiger partial charge in [0.1, 0.15) is 0 Å². The molecule has 0 N–H and O–H groups in total. The summed E-state index contributed by atoms with van der Waals surface area (Å²) in [7, 11) is 0.